The molecule has 3 heterocycles. The third kappa shape index (κ3) is 5.72. The van der Waals surface area contributed by atoms with Gasteiger partial charge in [0, 0.05) is 37.0 Å². The molecule has 0 spiro atoms. The van der Waals surface area contributed by atoms with Crippen LogP contribution in [0.2, 0.25) is 0 Å². The van der Waals surface area contributed by atoms with Crippen LogP contribution in [0, 0.1) is 0 Å². The van der Waals surface area contributed by atoms with Crippen LogP contribution in [0.5, 0.6) is 5.75 Å². The molecule has 0 saturated heterocycles. The summed E-state index contributed by atoms with van der Waals surface area (Å²) >= 11 is 0. The van der Waals surface area contributed by atoms with E-state index in [4.69, 9.17) is 9.15 Å². The number of anilines is 1. The molecular weight excluding hydrogens is 394 g/mol. The van der Waals surface area contributed by atoms with Gasteiger partial charge in [-0.05, 0) is 48.4 Å². The predicted octanol–water partition coefficient (Wildman–Crippen LogP) is 4.07. The molecule has 0 aliphatic heterocycles. The summed E-state index contributed by atoms with van der Waals surface area (Å²) in [7, 11) is 0. The summed E-state index contributed by atoms with van der Waals surface area (Å²) in [4.78, 5) is 20.6. The highest BCUT2D eigenvalue weighted by Gasteiger charge is 2.12. The smallest absolute Gasteiger partial charge is 0.247 e. The largest absolute Gasteiger partial charge is 0.485 e. The molecule has 1 aromatic carbocycles. The van der Waals surface area contributed by atoms with E-state index in [1.807, 2.05) is 42.5 Å². The molecule has 1 amide bonds. The van der Waals surface area contributed by atoms with Crippen LogP contribution in [-0.4, -0.2) is 26.1 Å². The van der Waals surface area contributed by atoms with Crippen LogP contribution in [0.25, 0.3) is 11.5 Å². The number of benzene rings is 1. The molecule has 3 aromatic heterocycles. The summed E-state index contributed by atoms with van der Waals surface area (Å²) < 4.78 is 11.5. The second kappa shape index (κ2) is 10.1. The molecule has 0 radical (unpaired) electrons. The number of carbonyl (C=O) groups excluding carboxylic acids is 1. The summed E-state index contributed by atoms with van der Waals surface area (Å²) in [5.41, 5.74) is 1.85. The standard InChI is InChI=1S/C23H21N5O3/c29-20(9-4-10-21-27-28-23(31-21)18-6-2-1-3-7-18)26-22-19(8-5-13-25-22)30-16-17-11-14-24-15-12-17/h1-3,5-8,11-15H,4,9-10,16H2,(H,25,26,29). The maximum absolute atomic E-state index is 12.4. The Balaban J connectivity index is 1.27. The molecule has 0 aliphatic carbocycles. The Morgan fingerprint density at radius 1 is 0.968 bits per heavy atom. The number of ether oxygens (including phenoxy) is 1. The van der Waals surface area contributed by atoms with Crippen molar-refractivity contribution in [3.05, 3.63) is 84.6 Å². The maximum Gasteiger partial charge on any atom is 0.247 e. The number of hydrogen-bond acceptors (Lipinski definition) is 7. The first-order chi connectivity index (χ1) is 15.3. The lowest BCUT2D eigenvalue weighted by molar-refractivity contribution is -0.116. The second-order valence-electron chi connectivity index (χ2n) is 6.76. The van der Waals surface area contributed by atoms with Crippen molar-refractivity contribution >= 4 is 11.7 Å². The average molecular weight is 415 g/mol. The molecule has 0 fully saturated rings. The van der Waals surface area contributed by atoms with Crippen molar-refractivity contribution in [1.82, 2.24) is 20.2 Å². The van der Waals surface area contributed by atoms with Gasteiger partial charge in [-0.15, -0.1) is 10.2 Å². The highest BCUT2D eigenvalue weighted by atomic mass is 16.5. The van der Waals surface area contributed by atoms with E-state index in [1.54, 1.807) is 30.7 Å². The zero-order chi connectivity index (χ0) is 21.3. The maximum atomic E-state index is 12.4. The van der Waals surface area contributed by atoms with E-state index in [0.29, 0.717) is 49.2 Å². The molecule has 156 valence electrons. The molecule has 4 aromatic rings. The molecule has 0 unspecified atom stereocenters. The SMILES string of the molecule is O=C(CCCc1nnc(-c2ccccc2)o1)Nc1ncccc1OCc1ccncc1. The third-order valence-electron chi connectivity index (χ3n) is 4.45. The van der Waals surface area contributed by atoms with Gasteiger partial charge >= 0.3 is 0 Å². The van der Waals surface area contributed by atoms with Gasteiger partial charge < -0.3 is 14.5 Å². The van der Waals surface area contributed by atoms with Gasteiger partial charge in [-0.1, -0.05) is 18.2 Å². The third-order valence-corrected chi connectivity index (χ3v) is 4.45. The minimum absolute atomic E-state index is 0.157. The quantitative estimate of drug-likeness (QED) is 0.439. The molecule has 0 bridgehead atoms. The Morgan fingerprint density at radius 3 is 2.65 bits per heavy atom. The minimum Gasteiger partial charge on any atom is -0.485 e. The number of pyridine rings is 2. The van der Waals surface area contributed by atoms with Gasteiger partial charge in [-0.3, -0.25) is 9.78 Å². The number of amides is 1. The van der Waals surface area contributed by atoms with E-state index >= 15 is 0 Å². The van der Waals surface area contributed by atoms with Crippen molar-refractivity contribution in [3.8, 4) is 17.2 Å². The van der Waals surface area contributed by atoms with E-state index in [2.05, 4.69) is 25.5 Å². The number of nitrogens with zero attached hydrogens (tertiary/aromatic N) is 4. The number of rotatable bonds is 9. The number of aryl methyl sites for hydroxylation is 1. The van der Waals surface area contributed by atoms with Gasteiger partial charge in [0.2, 0.25) is 17.7 Å². The van der Waals surface area contributed by atoms with E-state index < -0.39 is 0 Å². The van der Waals surface area contributed by atoms with Crippen molar-refractivity contribution in [2.45, 2.75) is 25.9 Å². The summed E-state index contributed by atoms with van der Waals surface area (Å²) in [6, 6.07) is 16.8. The highest BCUT2D eigenvalue weighted by Crippen LogP contribution is 2.22. The van der Waals surface area contributed by atoms with Gasteiger partial charge in [0.05, 0.1) is 0 Å². The van der Waals surface area contributed by atoms with Crippen LogP contribution in [0.3, 0.4) is 0 Å². The Labute approximate surface area is 179 Å². The lowest BCUT2D eigenvalue weighted by Crippen LogP contribution is -2.14. The molecule has 0 aliphatic rings. The van der Waals surface area contributed by atoms with Crippen LogP contribution < -0.4 is 10.1 Å². The summed E-state index contributed by atoms with van der Waals surface area (Å²) in [5, 5.41) is 10.9. The highest BCUT2D eigenvalue weighted by molar-refractivity contribution is 5.91. The Hall–Kier alpha value is -4.07. The zero-order valence-electron chi connectivity index (χ0n) is 16.8. The lowest BCUT2D eigenvalue weighted by Gasteiger charge is -2.11. The molecule has 0 atom stereocenters. The van der Waals surface area contributed by atoms with E-state index in [1.165, 1.54) is 0 Å². The summed E-state index contributed by atoms with van der Waals surface area (Å²) in [6.07, 6.45) is 6.40. The lowest BCUT2D eigenvalue weighted by atomic mass is 10.2. The molecule has 8 nitrogen and oxygen atoms in total. The van der Waals surface area contributed by atoms with Gasteiger partial charge in [0.1, 0.15) is 6.61 Å². The summed E-state index contributed by atoms with van der Waals surface area (Å²) in [5.74, 6) is 1.73. The van der Waals surface area contributed by atoms with Crippen LogP contribution in [0.4, 0.5) is 5.82 Å². The van der Waals surface area contributed by atoms with Crippen molar-refractivity contribution in [2.75, 3.05) is 5.32 Å². The fourth-order valence-corrected chi connectivity index (χ4v) is 2.89. The first kappa shape index (κ1) is 20.2. The minimum atomic E-state index is -0.157. The number of carbonyl (C=O) groups is 1. The van der Waals surface area contributed by atoms with Crippen molar-refractivity contribution in [1.29, 1.82) is 0 Å². The van der Waals surface area contributed by atoms with E-state index in [0.717, 1.165) is 11.1 Å². The Bertz CT molecular complexity index is 1120. The topological polar surface area (TPSA) is 103 Å². The predicted molar refractivity (Wildman–Crippen MR) is 114 cm³/mol. The van der Waals surface area contributed by atoms with Crippen molar-refractivity contribution in [2.24, 2.45) is 0 Å². The number of nitrogens with one attached hydrogen (secondary N) is 1. The average Bonchev–Trinajstić information content (AvgIpc) is 3.29. The van der Waals surface area contributed by atoms with E-state index in [9.17, 15) is 4.79 Å². The fourth-order valence-electron chi connectivity index (χ4n) is 2.89. The van der Waals surface area contributed by atoms with Gasteiger partial charge in [0.25, 0.3) is 0 Å². The Morgan fingerprint density at radius 2 is 1.81 bits per heavy atom. The second-order valence-corrected chi connectivity index (χ2v) is 6.76. The van der Waals surface area contributed by atoms with Crippen LogP contribution >= 0.6 is 0 Å². The first-order valence-electron chi connectivity index (χ1n) is 9.92. The van der Waals surface area contributed by atoms with E-state index in [-0.39, 0.29) is 5.91 Å². The molecule has 4 rings (SSSR count). The van der Waals surface area contributed by atoms with Crippen LogP contribution in [0.15, 0.2) is 77.6 Å². The van der Waals surface area contributed by atoms with Crippen molar-refractivity contribution < 1.29 is 13.9 Å². The van der Waals surface area contributed by atoms with Crippen LogP contribution in [0.1, 0.15) is 24.3 Å². The van der Waals surface area contributed by atoms with Gasteiger partial charge in [-0.25, -0.2) is 4.98 Å². The molecule has 31 heavy (non-hydrogen) atoms. The molecule has 8 heteroatoms. The van der Waals surface area contributed by atoms with Gasteiger partial charge in [-0.2, -0.15) is 0 Å². The fraction of sp³-hybridized carbons (Fsp3) is 0.174. The Kier molecular flexibility index (Phi) is 6.59. The zero-order valence-corrected chi connectivity index (χ0v) is 16.8. The number of hydrogen-bond donors (Lipinski definition) is 1. The van der Waals surface area contributed by atoms with Gasteiger partial charge in [0.15, 0.2) is 11.6 Å². The normalized spacial score (nSPS) is 10.6. The first-order valence-corrected chi connectivity index (χ1v) is 9.92. The monoisotopic (exact) mass is 415 g/mol. The number of aromatic nitrogens is 4. The summed E-state index contributed by atoms with van der Waals surface area (Å²) in [6.45, 7) is 0.359. The molecule has 0 saturated carbocycles. The molecular formula is C23H21N5O3. The van der Waals surface area contributed by atoms with Crippen molar-refractivity contribution in [3.63, 3.8) is 0 Å². The van der Waals surface area contributed by atoms with Crippen LogP contribution in [-0.2, 0) is 17.8 Å². The molecule has 1 N–H and O–H groups in total.